The summed E-state index contributed by atoms with van der Waals surface area (Å²) < 4.78 is 6.90. The maximum absolute atomic E-state index is 12.7. The van der Waals surface area contributed by atoms with E-state index in [1.807, 2.05) is 0 Å². The molecule has 0 N–H and O–H groups in total. The standard InChI is InChI=1S/C25H42O3Si/c1-23(2,3)29(5,6)28-16-25-14-11-18(26)15-17(25)7-8-19-20-9-10-22(27)24(20,4)13-12-21(19)25/h17,19-21H,7-16H2,1-6H3/t17?,19-,20?,21?,24-,25+/m0/s1. The molecule has 4 rings (SSSR count). The van der Waals surface area contributed by atoms with Gasteiger partial charge in [0, 0.05) is 31.3 Å². The molecule has 4 heteroatoms. The lowest BCUT2D eigenvalue weighted by molar-refractivity contribution is -0.153. The molecule has 3 nitrogen and oxygen atoms in total. The van der Waals surface area contributed by atoms with E-state index in [2.05, 4.69) is 40.8 Å². The average Bonchev–Trinajstić information content (AvgIpc) is 2.94. The third-order valence-corrected chi connectivity index (χ3v) is 14.9. The molecule has 0 spiro atoms. The molecule has 6 atom stereocenters. The Morgan fingerprint density at radius 1 is 1.00 bits per heavy atom. The molecule has 164 valence electrons. The van der Waals surface area contributed by atoms with E-state index in [9.17, 15) is 9.59 Å². The van der Waals surface area contributed by atoms with Crippen LogP contribution in [0.1, 0.15) is 85.5 Å². The lowest BCUT2D eigenvalue weighted by Crippen LogP contribution is -2.58. The van der Waals surface area contributed by atoms with Crippen molar-refractivity contribution in [2.24, 2.45) is 34.5 Å². The summed E-state index contributed by atoms with van der Waals surface area (Å²) in [6, 6.07) is 0. The van der Waals surface area contributed by atoms with Crippen LogP contribution in [0.3, 0.4) is 0 Å². The molecule has 0 aromatic heterocycles. The van der Waals surface area contributed by atoms with Gasteiger partial charge in [-0.25, -0.2) is 0 Å². The van der Waals surface area contributed by atoms with Crippen LogP contribution in [0.5, 0.6) is 0 Å². The highest BCUT2D eigenvalue weighted by molar-refractivity contribution is 6.74. The summed E-state index contributed by atoms with van der Waals surface area (Å²) >= 11 is 0. The van der Waals surface area contributed by atoms with Crippen molar-refractivity contribution in [2.45, 2.75) is 104 Å². The SMILES string of the molecule is CC(C)(C)[Si](C)(C)OC[C@]12CCC(=O)CC1CC[C@@H]1C2CC[C@]2(C)C(=O)CCC12. The number of carbonyl (C=O) groups excluding carboxylic acids is 2. The summed E-state index contributed by atoms with van der Waals surface area (Å²) in [5.74, 6) is 3.35. The summed E-state index contributed by atoms with van der Waals surface area (Å²) in [4.78, 5) is 25.1. The Hall–Kier alpha value is -0.483. The van der Waals surface area contributed by atoms with Gasteiger partial charge in [-0.2, -0.15) is 0 Å². The van der Waals surface area contributed by atoms with Crippen molar-refractivity contribution < 1.29 is 14.0 Å². The van der Waals surface area contributed by atoms with Crippen LogP contribution in [-0.4, -0.2) is 26.5 Å². The predicted molar refractivity (Wildman–Crippen MR) is 119 cm³/mol. The van der Waals surface area contributed by atoms with Crippen molar-refractivity contribution in [3.8, 4) is 0 Å². The second-order valence-corrected chi connectivity index (χ2v) is 17.4. The molecular formula is C25H42O3Si. The van der Waals surface area contributed by atoms with Gasteiger partial charge in [0.15, 0.2) is 8.32 Å². The number of hydrogen-bond acceptors (Lipinski definition) is 3. The zero-order valence-electron chi connectivity index (χ0n) is 19.6. The minimum absolute atomic E-state index is 0.0695. The quantitative estimate of drug-likeness (QED) is 0.515. The van der Waals surface area contributed by atoms with Crippen molar-refractivity contribution in [3.05, 3.63) is 0 Å². The number of fused-ring (bicyclic) bond motifs is 5. The average molecular weight is 419 g/mol. The van der Waals surface area contributed by atoms with Gasteiger partial charge in [0.1, 0.15) is 11.6 Å². The van der Waals surface area contributed by atoms with E-state index in [0.29, 0.717) is 35.2 Å². The molecule has 0 aromatic carbocycles. The fourth-order valence-corrected chi connectivity index (χ4v) is 8.49. The van der Waals surface area contributed by atoms with E-state index in [4.69, 9.17) is 4.43 Å². The van der Waals surface area contributed by atoms with Gasteiger partial charge in [-0.3, -0.25) is 9.59 Å². The molecular weight excluding hydrogens is 376 g/mol. The Kier molecular flexibility index (Phi) is 5.26. The lowest BCUT2D eigenvalue weighted by Gasteiger charge is -2.61. The molecule has 4 aliphatic carbocycles. The highest BCUT2D eigenvalue weighted by atomic mass is 28.4. The zero-order valence-corrected chi connectivity index (χ0v) is 20.6. The maximum atomic E-state index is 12.7. The van der Waals surface area contributed by atoms with E-state index in [1.54, 1.807) is 0 Å². The molecule has 0 amide bonds. The van der Waals surface area contributed by atoms with Gasteiger partial charge in [0.25, 0.3) is 0 Å². The smallest absolute Gasteiger partial charge is 0.192 e. The van der Waals surface area contributed by atoms with Crippen LogP contribution in [0.4, 0.5) is 0 Å². The van der Waals surface area contributed by atoms with Gasteiger partial charge >= 0.3 is 0 Å². The van der Waals surface area contributed by atoms with Gasteiger partial charge in [-0.05, 0) is 85.7 Å². The van der Waals surface area contributed by atoms with Gasteiger partial charge in [-0.1, -0.05) is 27.7 Å². The summed E-state index contributed by atoms with van der Waals surface area (Å²) in [7, 11) is -1.84. The Bertz CT molecular complexity index is 693. The first-order valence-corrected chi connectivity index (χ1v) is 15.0. The molecule has 0 saturated heterocycles. The van der Waals surface area contributed by atoms with Crippen LogP contribution >= 0.6 is 0 Å². The predicted octanol–water partition coefficient (Wildman–Crippen LogP) is 6.17. The van der Waals surface area contributed by atoms with Gasteiger partial charge < -0.3 is 4.43 Å². The summed E-state index contributed by atoms with van der Waals surface area (Å²) in [5.41, 5.74) is 0.0965. The molecule has 0 radical (unpaired) electrons. The normalized spacial score (nSPS) is 43.0. The number of carbonyl (C=O) groups is 2. The molecule has 4 saturated carbocycles. The Morgan fingerprint density at radius 2 is 1.72 bits per heavy atom. The third kappa shape index (κ3) is 3.31. The molecule has 0 aromatic rings. The zero-order chi connectivity index (χ0) is 21.2. The van der Waals surface area contributed by atoms with E-state index in [1.165, 1.54) is 6.42 Å². The van der Waals surface area contributed by atoms with Crippen molar-refractivity contribution in [3.63, 3.8) is 0 Å². The minimum atomic E-state index is -1.84. The van der Waals surface area contributed by atoms with Crippen molar-refractivity contribution in [1.82, 2.24) is 0 Å². The maximum Gasteiger partial charge on any atom is 0.192 e. The van der Waals surface area contributed by atoms with Gasteiger partial charge in [0.05, 0.1) is 0 Å². The number of ketones is 2. The van der Waals surface area contributed by atoms with Crippen LogP contribution in [0.25, 0.3) is 0 Å². The second-order valence-electron chi connectivity index (χ2n) is 12.6. The minimum Gasteiger partial charge on any atom is -0.416 e. The van der Waals surface area contributed by atoms with Crippen LogP contribution in [0.15, 0.2) is 0 Å². The third-order valence-electron chi connectivity index (χ3n) is 10.4. The first-order valence-electron chi connectivity index (χ1n) is 12.1. The van der Waals surface area contributed by atoms with Crippen LogP contribution < -0.4 is 0 Å². The second kappa shape index (κ2) is 7.02. The summed E-state index contributed by atoms with van der Waals surface area (Å²) in [6.07, 6.45) is 9.01. The molecule has 29 heavy (non-hydrogen) atoms. The van der Waals surface area contributed by atoms with Gasteiger partial charge in [0.2, 0.25) is 0 Å². The van der Waals surface area contributed by atoms with Crippen LogP contribution in [0, 0.1) is 34.5 Å². The molecule has 4 fully saturated rings. The molecule has 0 bridgehead atoms. The Morgan fingerprint density at radius 3 is 2.41 bits per heavy atom. The Labute approximate surface area is 178 Å². The lowest BCUT2D eigenvalue weighted by atomic mass is 9.45. The monoisotopic (exact) mass is 418 g/mol. The number of Topliss-reactive ketones (excluding diaryl/α,β-unsaturated/α-hetero) is 2. The first-order chi connectivity index (χ1) is 13.4. The molecule has 4 aliphatic rings. The summed E-state index contributed by atoms with van der Waals surface area (Å²) in [6.45, 7) is 14.8. The van der Waals surface area contributed by atoms with E-state index < -0.39 is 8.32 Å². The van der Waals surface area contributed by atoms with Crippen LogP contribution in [0.2, 0.25) is 18.1 Å². The van der Waals surface area contributed by atoms with Crippen molar-refractivity contribution >= 4 is 19.9 Å². The van der Waals surface area contributed by atoms with E-state index in [-0.39, 0.29) is 15.9 Å². The van der Waals surface area contributed by atoms with E-state index >= 15 is 0 Å². The van der Waals surface area contributed by atoms with E-state index in [0.717, 1.165) is 58.0 Å². The number of rotatable bonds is 3. The van der Waals surface area contributed by atoms with Crippen molar-refractivity contribution in [1.29, 1.82) is 0 Å². The fraction of sp³-hybridized carbons (Fsp3) is 0.920. The van der Waals surface area contributed by atoms with Gasteiger partial charge in [-0.15, -0.1) is 0 Å². The van der Waals surface area contributed by atoms with Crippen LogP contribution in [-0.2, 0) is 14.0 Å². The molecule has 0 aliphatic heterocycles. The molecule has 0 heterocycles. The highest BCUT2D eigenvalue weighted by Crippen LogP contribution is 2.65. The largest absolute Gasteiger partial charge is 0.416 e. The topological polar surface area (TPSA) is 43.4 Å². The highest BCUT2D eigenvalue weighted by Gasteiger charge is 2.62. The molecule has 3 unspecified atom stereocenters. The number of hydrogen-bond donors (Lipinski definition) is 0. The first kappa shape index (κ1) is 21.7. The fourth-order valence-electron chi connectivity index (χ4n) is 7.43. The van der Waals surface area contributed by atoms with Crippen molar-refractivity contribution in [2.75, 3.05) is 6.61 Å². The Balaban J connectivity index is 1.64. The summed E-state index contributed by atoms with van der Waals surface area (Å²) in [5, 5.41) is 0.209.